The van der Waals surface area contributed by atoms with Crippen LogP contribution in [-0.2, 0) is 0 Å². The third kappa shape index (κ3) is 4.53. The molecule has 0 amide bonds. The fourth-order valence-corrected chi connectivity index (χ4v) is 0.697. The molecule has 0 fully saturated rings. The van der Waals surface area contributed by atoms with Crippen LogP contribution in [0.25, 0.3) is 0 Å². The Balaban J connectivity index is 0.000000132. The molecule has 66 valence electrons. The quantitative estimate of drug-likeness (QED) is 0.657. The smallest absolute Gasteiger partial charge is 0.264 e. The summed E-state index contributed by atoms with van der Waals surface area (Å²) in [6, 6.07) is 15.0. The van der Waals surface area contributed by atoms with E-state index in [1.165, 1.54) is 12.3 Å². The van der Waals surface area contributed by atoms with Gasteiger partial charge in [0.05, 0.1) is 0 Å². The number of aromatic nitrogens is 2. The van der Waals surface area contributed by atoms with Crippen molar-refractivity contribution < 1.29 is 0 Å². The maximum atomic E-state index is 10.2. The van der Waals surface area contributed by atoms with Gasteiger partial charge in [-0.2, -0.15) is 5.10 Å². The van der Waals surface area contributed by atoms with Crippen molar-refractivity contribution in [2.24, 2.45) is 0 Å². The maximum absolute atomic E-state index is 10.2. The van der Waals surface area contributed by atoms with Crippen LogP contribution in [0.2, 0.25) is 0 Å². The monoisotopic (exact) mass is 174 g/mol. The first kappa shape index (κ1) is 9.19. The second-order valence-corrected chi connectivity index (χ2v) is 2.27. The lowest BCUT2D eigenvalue weighted by Gasteiger charge is -1.72. The second-order valence-electron chi connectivity index (χ2n) is 2.27. The molecule has 0 radical (unpaired) electrons. The number of hydrogen-bond donors (Lipinski definition) is 1. The zero-order chi connectivity index (χ0) is 9.36. The molecule has 0 aliphatic carbocycles. The molecular weight excluding hydrogens is 164 g/mol. The summed E-state index contributed by atoms with van der Waals surface area (Å²) in [5, 5.41) is 5.67. The van der Waals surface area contributed by atoms with Crippen molar-refractivity contribution in [3.8, 4) is 0 Å². The zero-order valence-electron chi connectivity index (χ0n) is 7.05. The highest BCUT2D eigenvalue weighted by molar-refractivity contribution is 4.99. The van der Waals surface area contributed by atoms with E-state index >= 15 is 0 Å². The van der Waals surface area contributed by atoms with Gasteiger partial charge in [0.15, 0.2) is 0 Å². The Morgan fingerprint density at radius 1 is 0.923 bits per heavy atom. The fraction of sp³-hybridized carbons (Fsp3) is 0. The molecule has 0 atom stereocenters. The summed E-state index contributed by atoms with van der Waals surface area (Å²) in [7, 11) is 0. The van der Waals surface area contributed by atoms with E-state index in [4.69, 9.17) is 0 Å². The van der Waals surface area contributed by atoms with Crippen LogP contribution in [0.4, 0.5) is 0 Å². The highest BCUT2D eigenvalue weighted by Gasteiger charge is 1.70. The normalized spacial score (nSPS) is 8.31. The molecule has 0 unspecified atom stereocenters. The molecule has 13 heavy (non-hydrogen) atoms. The highest BCUT2D eigenvalue weighted by atomic mass is 16.1. The minimum atomic E-state index is -0.164. The topological polar surface area (TPSA) is 45.8 Å². The van der Waals surface area contributed by atoms with E-state index < -0.39 is 0 Å². The van der Waals surface area contributed by atoms with E-state index in [1.54, 1.807) is 6.07 Å². The van der Waals surface area contributed by atoms with Crippen LogP contribution in [0.5, 0.6) is 0 Å². The number of aromatic amines is 1. The summed E-state index contributed by atoms with van der Waals surface area (Å²) in [4.78, 5) is 10.2. The molecule has 1 aromatic carbocycles. The molecule has 0 saturated heterocycles. The lowest BCUT2D eigenvalue weighted by molar-refractivity contribution is 0.988. The van der Waals surface area contributed by atoms with E-state index in [-0.39, 0.29) is 5.56 Å². The van der Waals surface area contributed by atoms with Crippen molar-refractivity contribution in [2.45, 2.75) is 0 Å². The summed E-state index contributed by atoms with van der Waals surface area (Å²) in [6.45, 7) is 0. The van der Waals surface area contributed by atoms with Crippen LogP contribution < -0.4 is 5.56 Å². The highest BCUT2D eigenvalue weighted by Crippen LogP contribution is 1.79. The minimum absolute atomic E-state index is 0.164. The van der Waals surface area contributed by atoms with Crippen molar-refractivity contribution in [2.75, 3.05) is 0 Å². The third-order valence-electron chi connectivity index (χ3n) is 1.25. The Kier molecular flexibility index (Phi) is 4.04. The predicted octanol–water partition coefficient (Wildman–Crippen LogP) is 1.46. The van der Waals surface area contributed by atoms with Gasteiger partial charge >= 0.3 is 0 Å². The molecule has 0 spiro atoms. The van der Waals surface area contributed by atoms with Crippen molar-refractivity contribution in [3.63, 3.8) is 0 Å². The molecule has 0 bridgehead atoms. The van der Waals surface area contributed by atoms with Gasteiger partial charge in [0, 0.05) is 12.3 Å². The summed E-state index contributed by atoms with van der Waals surface area (Å²) in [5.41, 5.74) is -0.164. The van der Waals surface area contributed by atoms with Crippen molar-refractivity contribution in [3.05, 3.63) is 65.1 Å². The molecule has 0 aliphatic heterocycles. The number of hydrogen-bond acceptors (Lipinski definition) is 2. The number of nitrogens with zero attached hydrogens (tertiary/aromatic N) is 1. The van der Waals surface area contributed by atoms with Gasteiger partial charge in [-0.3, -0.25) is 4.79 Å². The van der Waals surface area contributed by atoms with Crippen LogP contribution in [0.3, 0.4) is 0 Å². The summed E-state index contributed by atoms with van der Waals surface area (Å²) >= 11 is 0. The number of H-pyrrole nitrogens is 1. The first-order valence-corrected chi connectivity index (χ1v) is 3.89. The van der Waals surface area contributed by atoms with Crippen LogP contribution in [0.1, 0.15) is 0 Å². The standard InChI is InChI=1S/C6H6.C4H4N2O/c1-2-4-6-5-3-1;7-4-2-1-3-5-6-4/h1-6H;1-3H,(H,6,7). The van der Waals surface area contributed by atoms with Gasteiger partial charge in [-0.15, -0.1) is 0 Å². The average molecular weight is 174 g/mol. The van der Waals surface area contributed by atoms with E-state index in [0.29, 0.717) is 0 Å². The third-order valence-corrected chi connectivity index (χ3v) is 1.25. The van der Waals surface area contributed by atoms with E-state index in [1.807, 2.05) is 36.4 Å². The molecular formula is C10H10N2O. The molecule has 0 saturated carbocycles. The first-order valence-electron chi connectivity index (χ1n) is 3.89. The maximum Gasteiger partial charge on any atom is 0.264 e. The van der Waals surface area contributed by atoms with Gasteiger partial charge in [-0.1, -0.05) is 36.4 Å². The Bertz CT molecular complexity index is 326. The zero-order valence-corrected chi connectivity index (χ0v) is 7.05. The molecule has 1 heterocycles. The van der Waals surface area contributed by atoms with Gasteiger partial charge in [0.1, 0.15) is 0 Å². The van der Waals surface area contributed by atoms with E-state index in [2.05, 4.69) is 10.2 Å². The Morgan fingerprint density at radius 3 is 1.69 bits per heavy atom. The van der Waals surface area contributed by atoms with Gasteiger partial charge in [0.2, 0.25) is 0 Å². The minimum Gasteiger partial charge on any atom is -0.268 e. The predicted molar refractivity (Wildman–Crippen MR) is 51.3 cm³/mol. The van der Waals surface area contributed by atoms with Gasteiger partial charge in [-0.05, 0) is 6.07 Å². The van der Waals surface area contributed by atoms with Crippen LogP contribution in [0.15, 0.2) is 59.5 Å². The lowest BCUT2D eigenvalue weighted by Crippen LogP contribution is -2.02. The Morgan fingerprint density at radius 2 is 1.46 bits per heavy atom. The Hall–Kier alpha value is -1.90. The van der Waals surface area contributed by atoms with Crippen molar-refractivity contribution >= 4 is 0 Å². The van der Waals surface area contributed by atoms with Crippen LogP contribution in [-0.4, -0.2) is 10.2 Å². The number of benzene rings is 1. The molecule has 1 aromatic heterocycles. The van der Waals surface area contributed by atoms with E-state index in [9.17, 15) is 4.79 Å². The van der Waals surface area contributed by atoms with Crippen LogP contribution >= 0.6 is 0 Å². The first-order chi connectivity index (χ1) is 6.39. The summed E-state index contributed by atoms with van der Waals surface area (Å²) < 4.78 is 0. The Labute approximate surface area is 76.1 Å². The van der Waals surface area contributed by atoms with Gasteiger partial charge < -0.3 is 0 Å². The summed E-state index contributed by atoms with van der Waals surface area (Å²) in [6.07, 6.45) is 1.52. The molecule has 3 nitrogen and oxygen atoms in total. The lowest BCUT2D eigenvalue weighted by atomic mass is 10.4. The van der Waals surface area contributed by atoms with Crippen molar-refractivity contribution in [1.29, 1.82) is 0 Å². The summed E-state index contributed by atoms with van der Waals surface area (Å²) in [5.74, 6) is 0. The molecule has 3 heteroatoms. The molecule has 2 aromatic rings. The van der Waals surface area contributed by atoms with Gasteiger partial charge in [-0.25, -0.2) is 5.10 Å². The largest absolute Gasteiger partial charge is 0.268 e. The number of rotatable bonds is 0. The van der Waals surface area contributed by atoms with Gasteiger partial charge in [0.25, 0.3) is 5.56 Å². The van der Waals surface area contributed by atoms with E-state index in [0.717, 1.165) is 0 Å². The number of nitrogens with one attached hydrogen (secondary N) is 1. The second kappa shape index (κ2) is 5.71. The SMILES string of the molecule is O=c1cccn[nH]1.c1ccccc1. The molecule has 0 aliphatic rings. The van der Waals surface area contributed by atoms with Crippen molar-refractivity contribution in [1.82, 2.24) is 10.2 Å². The fourth-order valence-electron chi connectivity index (χ4n) is 0.697. The van der Waals surface area contributed by atoms with Crippen LogP contribution in [0, 0.1) is 0 Å². The average Bonchev–Trinajstić information content (AvgIpc) is 2.22. The molecule has 1 N–H and O–H groups in total. The molecule has 2 rings (SSSR count).